The van der Waals surface area contributed by atoms with E-state index in [-0.39, 0.29) is 17.0 Å². The fraction of sp³-hybridized carbons (Fsp3) is 0.273. The van der Waals surface area contributed by atoms with Crippen molar-refractivity contribution in [3.8, 4) is 11.4 Å². The van der Waals surface area contributed by atoms with Crippen molar-refractivity contribution in [3.63, 3.8) is 0 Å². The summed E-state index contributed by atoms with van der Waals surface area (Å²) in [6, 6.07) is 11.3. The van der Waals surface area contributed by atoms with Crippen molar-refractivity contribution >= 4 is 11.6 Å². The molecule has 0 atom stereocenters. The molecule has 0 radical (unpaired) electrons. The van der Waals surface area contributed by atoms with Crippen LogP contribution in [0.25, 0.3) is 5.69 Å². The predicted molar refractivity (Wildman–Crippen MR) is 108 cm³/mol. The van der Waals surface area contributed by atoms with Crippen molar-refractivity contribution in [1.82, 2.24) is 9.78 Å². The maximum atomic E-state index is 13.6. The molecule has 3 aromatic rings. The van der Waals surface area contributed by atoms with Gasteiger partial charge in [-0.1, -0.05) is 19.1 Å². The minimum absolute atomic E-state index is 0.00449. The number of hydrogen-bond donors (Lipinski definition) is 1. The molecule has 9 heteroatoms. The Bertz CT molecular complexity index is 1070. The molecule has 2 aromatic carbocycles. The zero-order valence-electron chi connectivity index (χ0n) is 17.1. The lowest BCUT2D eigenvalue weighted by atomic mass is 10.1. The van der Waals surface area contributed by atoms with Crippen molar-refractivity contribution < 1.29 is 27.1 Å². The van der Waals surface area contributed by atoms with E-state index < -0.39 is 18.4 Å². The maximum Gasteiger partial charge on any atom is 0.387 e. The average Bonchev–Trinajstić information content (AvgIpc) is 3.04. The predicted octanol–water partition coefficient (Wildman–Crippen LogP) is 5.71. The van der Waals surface area contributed by atoms with Gasteiger partial charge in [0, 0.05) is 18.2 Å². The number of nitrogens with one attached hydrogen (secondary N) is 1. The van der Waals surface area contributed by atoms with E-state index in [0.29, 0.717) is 29.1 Å². The van der Waals surface area contributed by atoms with Gasteiger partial charge in [0.05, 0.1) is 22.6 Å². The molecule has 0 saturated heterocycles. The molecule has 0 bridgehead atoms. The first-order chi connectivity index (χ1) is 14.6. The SMILES string of the molecule is CCc1nn(-c2ccc(OC(F)F)cc2)c(C)c1C(=O)Nc1cccc(C(C)(F)F)c1. The number of carbonyl (C=O) groups excluding carboxylic acids is 1. The van der Waals surface area contributed by atoms with Crippen LogP contribution in [-0.2, 0) is 12.3 Å². The topological polar surface area (TPSA) is 56.2 Å². The van der Waals surface area contributed by atoms with Crippen molar-refractivity contribution in [2.75, 3.05) is 5.32 Å². The van der Waals surface area contributed by atoms with E-state index in [9.17, 15) is 22.4 Å². The average molecular weight is 435 g/mol. The molecule has 1 amide bonds. The highest BCUT2D eigenvalue weighted by Crippen LogP contribution is 2.29. The Morgan fingerprint density at radius 3 is 2.45 bits per heavy atom. The Balaban J connectivity index is 1.90. The fourth-order valence-electron chi connectivity index (χ4n) is 3.19. The summed E-state index contributed by atoms with van der Waals surface area (Å²) in [7, 11) is 0. The van der Waals surface area contributed by atoms with Gasteiger partial charge in [-0.05, 0) is 49.7 Å². The van der Waals surface area contributed by atoms with Gasteiger partial charge in [0.1, 0.15) is 5.75 Å². The van der Waals surface area contributed by atoms with Crippen LogP contribution in [-0.4, -0.2) is 22.3 Å². The Labute approximate surface area is 176 Å². The van der Waals surface area contributed by atoms with Gasteiger partial charge < -0.3 is 10.1 Å². The van der Waals surface area contributed by atoms with Crippen LogP contribution in [0.4, 0.5) is 23.2 Å². The summed E-state index contributed by atoms with van der Waals surface area (Å²) in [5.74, 6) is -3.50. The second-order valence-corrected chi connectivity index (χ2v) is 6.97. The lowest BCUT2D eigenvalue weighted by Crippen LogP contribution is -2.15. The number of anilines is 1. The molecule has 3 rings (SSSR count). The number of aromatic nitrogens is 2. The first kappa shape index (κ1) is 22.3. The molecule has 1 heterocycles. The van der Waals surface area contributed by atoms with Crippen LogP contribution in [0.1, 0.15) is 41.2 Å². The Morgan fingerprint density at radius 1 is 1.19 bits per heavy atom. The van der Waals surface area contributed by atoms with Crippen molar-refractivity contribution in [3.05, 3.63) is 71.0 Å². The van der Waals surface area contributed by atoms with Crippen LogP contribution in [0.15, 0.2) is 48.5 Å². The van der Waals surface area contributed by atoms with Gasteiger partial charge in [-0.15, -0.1) is 0 Å². The highest BCUT2D eigenvalue weighted by Gasteiger charge is 2.25. The summed E-state index contributed by atoms with van der Waals surface area (Å²) in [5.41, 5.74) is 1.95. The van der Waals surface area contributed by atoms with Crippen LogP contribution < -0.4 is 10.1 Å². The van der Waals surface area contributed by atoms with E-state index in [1.165, 1.54) is 41.1 Å². The number of benzene rings is 2. The lowest BCUT2D eigenvalue weighted by Gasteiger charge is -2.13. The highest BCUT2D eigenvalue weighted by molar-refractivity contribution is 6.06. The van der Waals surface area contributed by atoms with E-state index in [1.54, 1.807) is 19.1 Å². The van der Waals surface area contributed by atoms with E-state index in [0.717, 1.165) is 6.92 Å². The first-order valence-electron chi connectivity index (χ1n) is 9.53. The molecule has 0 aliphatic heterocycles. The second kappa shape index (κ2) is 8.79. The van der Waals surface area contributed by atoms with E-state index >= 15 is 0 Å². The number of halogens is 4. The normalized spacial score (nSPS) is 11.6. The number of nitrogens with zero attached hydrogens (tertiary/aromatic N) is 2. The number of aryl methyl sites for hydroxylation is 1. The molecule has 5 nitrogen and oxygen atoms in total. The van der Waals surface area contributed by atoms with Crippen LogP contribution >= 0.6 is 0 Å². The molecule has 164 valence electrons. The number of rotatable bonds is 7. The minimum atomic E-state index is -3.03. The van der Waals surface area contributed by atoms with Crippen LogP contribution in [0, 0.1) is 6.92 Å². The summed E-state index contributed by atoms with van der Waals surface area (Å²) in [6.45, 7) is 1.39. The summed E-state index contributed by atoms with van der Waals surface area (Å²) < 4.78 is 57.7. The van der Waals surface area contributed by atoms with Crippen molar-refractivity contribution in [2.45, 2.75) is 39.7 Å². The van der Waals surface area contributed by atoms with Crippen LogP contribution in [0.5, 0.6) is 5.75 Å². The zero-order chi connectivity index (χ0) is 22.8. The fourth-order valence-corrected chi connectivity index (χ4v) is 3.19. The van der Waals surface area contributed by atoms with Gasteiger partial charge in [-0.25, -0.2) is 13.5 Å². The van der Waals surface area contributed by atoms with Gasteiger partial charge in [0.25, 0.3) is 11.8 Å². The standard InChI is InChI=1S/C22H21F4N3O2/c1-4-18-19(20(30)27-15-7-5-6-14(12-15)22(3,25)26)13(2)29(28-18)16-8-10-17(11-9-16)31-21(23)24/h5-12,21H,4H2,1-3H3,(H,27,30). The monoisotopic (exact) mass is 435 g/mol. The molecular formula is C22H21F4N3O2. The molecule has 31 heavy (non-hydrogen) atoms. The molecule has 1 aromatic heterocycles. The van der Waals surface area contributed by atoms with Crippen LogP contribution in [0.2, 0.25) is 0 Å². The Morgan fingerprint density at radius 2 is 1.87 bits per heavy atom. The van der Waals surface area contributed by atoms with Gasteiger partial charge in [-0.3, -0.25) is 4.79 Å². The number of alkyl halides is 4. The third-order valence-corrected chi connectivity index (χ3v) is 4.68. The summed E-state index contributed by atoms with van der Waals surface area (Å²) in [6.07, 6.45) is 0.455. The quantitative estimate of drug-likeness (QED) is 0.484. The molecule has 1 N–H and O–H groups in total. The van der Waals surface area contributed by atoms with Crippen molar-refractivity contribution in [2.24, 2.45) is 0 Å². The third-order valence-electron chi connectivity index (χ3n) is 4.68. The van der Waals surface area contributed by atoms with Gasteiger partial charge >= 0.3 is 6.61 Å². The third kappa shape index (κ3) is 5.04. The van der Waals surface area contributed by atoms with Crippen molar-refractivity contribution in [1.29, 1.82) is 0 Å². The summed E-state index contributed by atoms with van der Waals surface area (Å²) in [5, 5.41) is 7.11. The van der Waals surface area contributed by atoms with E-state index in [4.69, 9.17) is 0 Å². The molecular weight excluding hydrogens is 414 g/mol. The molecule has 0 saturated carbocycles. The molecule has 0 unspecified atom stereocenters. The van der Waals surface area contributed by atoms with Crippen LogP contribution in [0.3, 0.4) is 0 Å². The number of ether oxygens (including phenoxy) is 1. The lowest BCUT2D eigenvalue weighted by molar-refractivity contribution is -0.0498. The molecule has 0 fully saturated rings. The van der Waals surface area contributed by atoms with Gasteiger partial charge in [0.2, 0.25) is 0 Å². The Kier molecular flexibility index (Phi) is 6.33. The summed E-state index contributed by atoms with van der Waals surface area (Å²) >= 11 is 0. The number of carbonyl (C=O) groups is 1. The first-order valence-corrected chi connectivity index (χ1v) is 9.53. The minimum Gasteiger partial charge on any atom is -0.435 e. The maximum absolute atomic E-state index is 13.6. The summed E-state index contributed by atoms with van der Waals surface area (Å²) in [4.78, 5) is 12.9. The Hall–Kier alpha value is -3.36. The molecule has 0 spiro atoms. The largest absolute Gasteiger partial charge is 0.435 e. The zero-order valence-corrected chi connectivity index (χ0v) is 17.1. The van der Waals surface area contributed by atoms with Gasteiger partial charge in [-0.2, -0.15) is 13.9 Å². The smallest absolute Gasteiger partial charge is 0.387 e. The van der Waals surface area contributed by atoms with E-state index in [2.05, 4.69) is 15.2 Å². The number of hydrogen-bond acceptors (Lipinski definition) is 3. The number of amides is 1. The molecule has 0 aliphatic carbocycles. The van der Waals surface area contributed by atoms with Gasteiger partial charge in [0.15, 0.2) is 0 Å². The van der Waals surface area contributed by atoms with E-state index in [1.807, 2.05) is 6.92 Å². The second-order valence-electron chi connectivity index (χ2n) is 6.97. The highest BCUT2D eigenvalue weighted by atomic mass is 19.3. The molecule has 0 aliphatic rings.